The molecule has 148 valence electrons. The zero-order chi connectivity index (χ0) is 20.6. The van der Waals surface area contributed by atoms with E-state index in [1.54, 1.807) is 45.0 Å². The van der Waals surface area contributed by atoms with Crippen molar-refractivity contribution in [2.24, 2.45) is 5.73 Å². The third-order valence-corrected chi connectivity index (χ3v) is 4.55. The highest BCUT2D eigenvalue weighted by Crippen LogP contribution is 2.52. The molecule has 3 N–H and O–H groups in total. The number of hydrogen-bond donors (Lipinski definition) is 2. The molecule has 1 atom stereocenters. The van der Waals surface area contributed by atoms with Crippen LogP contribution in [0.5, 0.6) is 0 Å². The fourth-order valence-electron chi connectivity index (χ4n) is 3.60. The average molecular weight is 386 g/mol. The number of hydrogen-bond acceptors (Lipinski definition) is 8. The maximum absolute atomic E-state index is 13.2. The Morgan fingerprint density at radius 1 is 1.21 bits per heavy atom. The Hall–Kier alpha value is -3.29. The lowest BCUT2D eigenvalue weighted by atomic mass is 9.67. The number of allylic oxidation sites excluding steroid dienone is 1. The van der Waals surface area contributed by atoms with Crippen molar-refractivity contribution in [3.8, 4) is 0 Å². The van der Waals surface area contributed by atoms with Crippen molar-refractivity contribution in [2.45, 2.75) is 39.2 Å². The van der Waals surface area contributed by atoms with Crippen LogP contribution < -0.4 is 11.1 Å². The Bertz CT molecular complexity index is 930. The summed E-state index contributed by atoms with van der Waals surface area (Å²) in [7, 11) is 0. The normalized spacial score (nSPS) is 20.8. The van der Waals surface area contributed by atoms with Crippen molar-refractivity contribution < 1.29 is 28.6 Å². The fourth-order valence-corrected chi connectivity index (χ4v) is 3.60. The molecule has 0 radical (unpaired) electrons. The number of benzene rings is 1. The highest BCUT2D eigenvalue weighted by Gasteiger charge is 2.62. The molecule has 8 heteroatoms. The lowest BCUT2D eigenvalue weighted by molar-refractivity contribution is -0.148. The van der Waals surface area contributed by atoms with Crippen LogP contribution >= 0.6 is 0 Å². The highest BCUT2D eigenvalue weighted by molar-refractivity contribution is 6.15. The van der Waals surface area contributed by atoms with Gasteiger partial charge in [0.1, 0.15) is 22.7 Å². The molecule has 3 rings (SSSR count). The molecule has 0 fully saturated rings. The third kappa shape index (κ3) is 2.72. The Labute approximate surface area is 162 Å². The second-order valence-corrected chi connectivity index (χ2v) is 6.70. The number of cyclic esters (lactones) is 1. The summed E-state index contributed by atoms with van der Waals surface area (Å²) in [6.45, 7) is 6.55. The van der Waals surface area contributed by atoms with Crippen LogP contribution in [0.3, 0.4) is 0 Å². The lowest BCUT2D eigenvalue weighted by Gasteiger charge is -2.36. The van der Waals surface area contributed by atoms with E-state index in [2.05, 4.69) is 5.32 Å². The number of carbonyl (C=O) groups excluding carboxylic acids is 3. The van der Waals surface area contributed by atoms with Crippen LogP contribution in [0.4, 0.5) is 5.69 Å². The molecule has 1 unspecified atom stereocenters. The van der Waals surface area contributed by atoms with Gasteiger partial charge in [-0.15, -0.1) is 0 Å². The van der Waals surface area contributed by atoms with Crippen LogP contribution in [0.25, 0.3) is 0 Å². The first-order chi connectivity index (χ1) is 13.2. The van der Waals surface area contributed by atoms with Gasteiger partial charge < -0.3 is 25.3 Å². The summed E-state index contributed by atoms with van der Waals surface area (Å²) in [4.78, 5) is 39.0. The summed E-state index contributed by atoms with van der Waals surface area (Å²) in [6, 6.07) is 6.76. The molecule has 0 saturated carbocycles. The van der Waals surface area contributed by atoms with Crippen molar-refractivity contribution >= 4 is 23.6 Å². The van der Waals surface area contributed by atoms with Crippen LogP contribution in [0.15, 0.2) is 47.0 Å². The van der Waals surface area contributed by atoms with Crippen LogP contribution in [0.1, 0.15) is 33.3 Å². The first kappa shape index (κ1) is 19.5. The van der Waals surface area contributed by atoms with Gasteiger partial charge >= 0.3 is 17.9 Å². The van der Waals surface area contributed by atoms with Gasteiger partial charge in [-0.1, -0.05) is 18.2 Å². The van der Waals surface area contributed by atoms with Crippen molar-refractivity contribution in [3.63, 3.8) is 0 Å². The summed E-state index contributed by atoms with van der Waals surface area (Å²) in [6.07, 6.45) is -0.440. The van der Waals surface area contributed by atoms with Crippen LogP contribution in [0.2, 0.25) is 0 Å². The molecule has 28 heavy (non-hydrogen) atoms. The van der Waals surface area contributed by atoms with E-state index in [0.717, 1.165) is 0 Å². The van der Waals surface area contributed by atoms with E-state index in [1.165, 1.54) is 6.92 Å². The molecular formula is C20H22N2O6. The van der Waals surface area contributed by atoms with Gasteiger partial charge in [0.15, 0.2) is 5.41 Å². The maximum atomic E-state index is 13.2. The van der Waals surface area contributed by atoms with Gasteiger partial charge in [-0.3, -0.25) is 0 Å². The Kier molecular flexibility index (Phi) is 4.89. The fraction of sp³-hybridized carbons (Fsp3) is 0.350. The second-order valence-electron chi connectivity index (χ2n) is 6.70. The van der Waals surface area contributed by atoms with Gasteiger partial charge in [0, 0.05) is 11.3 Å². The molecule has 1 aromatic rings. The highest BCUT2D eigenvalue weighted by atomic mass is 16.6. The minimum Gasteiger partial charge on any atom is -0.462 e. The third-order valence-electron chi connectivity index (χ3n) is 4.55. The second kappa shape index (κ2) is 7.03. The number of esters is 3. The molecule has 0 saturated heterocycles. The smallest absolute Gasteiger partial charge is 0.339 e. The van der Waals surface area contributed by atoms with E-state index in [4.69, 9.17) is 19.9 Å². The van der Waals surface area contributed by atoms with Crippen LogP contribution in [-0.4, -0.2) is 30.6 Å². The zero-order valence-corrected chi connectivity index (χ0v) is 16.1. The van der Waals surface area contributed by atoms with Gasteiger partial charge in [0.05, 0.1) is 12.7 Å². The lowest BCUT2D eigenvalue weighted by Crippen LogP contribution is -2.48. The van der Waals surface area contributed by atoms with Crippen molar-refractivity contribution in [1.29, 1.82) is 0 Å². The van der Waals surface area contributed by atoms with Gasteiger partial charge in [-0.2, -0.15) is 0 Å². The molecule has 0 aromatic heterocycles. The largest absolute Gasteiger partial charge is 0.462 e. The molecule has 0 aliphatic carbocycles. The zero-order valence-electron chi connectivity index (χ0n) is 16.1. The van der Waals surface area contributed by atoms with Gasteiger partial charge in [-0.05, 0) is 33.8 Å². The number of anilines is 1. The van der Waals surface area contributed by atoms with E-state index in [-0.39, 0.29) is 29.3 Å². The quantitative estimate of drug-likeness (QED) is 0.595. The summed E-state index contributed by atoms with van der Waals surface area (Å²) in [5.74, 6) is -2.41. The van der Waals surface area contributed by atoms with Crippen molar-refractivity contribution in [3.05, 3.63) is 52.6 Å². The molecular weight excluding hydrogens is 364 g/mol. The minimum atomic E-state index is -1.87. The van der Waals surface area contributed by atoms with Gasteiger partial charge in [0.25, 0.3) is 0 Å². The molecule has 1 aromatic carbocycles. The Balaban J connectivity index is 2.35. The average Bonchev–Trinajstić information content (AvgIpc) is 2.85. The summed E-state index contributed by atoms with van der Waals surface area (Å²) in [5.41, 5.74) is 4.85. The predicted molar refractivity (Wildman–Crippen MR) is 99.6 cm³/mol. The first-order valence-electron chi connectivity index (χ1n) is 8.93. The van der Waals surface area contributed by atoms with E-state index in [9.17, 15) is 14.4 Å². The molecule has 0 amide bonds. The Morgan fingerprint density at radius 3 is 2.54 bits per heavy atom. The molecule has 0 bridgehead atoms. The molecule has 2 aliphatic rings. The molecule has 8 nitrogen and oxygen atoms in total. The maximum Gasteiger partial charge on any atom is 0.339 e. The number of para-hydroxylation sites is 1. The number of carbonyl (C=O) groups is 3. The molecule has 1 spiro atoms. The summed E-state index contributed by atoms with van der Waals surface area (Å²) < 4.78 is 15.8. The molecule has 2 aliphatic heterocycles. The van der Waals surface area contributed by atoms with E-state index < -0.39 is 29.4 Å². The van der Waals surface area contributed by atoms with Gasteiger partial charge in [0.2, 0.25) is 0 Å². The number of ether oxygens (including phenoxy) is 3. The van der Waals surface area contributed by atoms with Crippen LogP contribution in [-0.2, 0) is 34.0 Å². The minimum absolute atomic E-state index is 0.0574. The SMILES string of the molecule is CCOC(=O)C1=C(N)Nc2ccccc2C12C(=O)OC(C)=C2C(=O)OC(C)C. The van der Waals surface area contributed by atoms with Crippen molar-refractivity contribution in [2.75, 3.05) is 11.9 Å². The topological polar surface area (TPSA) is 117 Å². The summed E-state index contributed by atoms with van der Waals surface area (Å²) >= 11 is 0. The predicted octanol–water partition coefficient (Wildman–Crippen LogP) is 1.87. The number of nitrogens with one attached hydrogen (secondary N) is 1. The van der Waals surface area contributed by atoms with E-state index in [0.29, 0.717) is 11.3 Å². The van der Waals surface area contributed by atoms with Crippen molar-refractivity contribution in [1.82, 2.24) is 0 Å². The summed E-state index contributed by atoms with van der Waals surface area (Å²) in [5, 5.41) is 2.91. The van der Waals surface area contributed by atoms with E-state index in [1.807, 2.05) is 0 Å². The van der Waals surface area contributed by atoms with E-state index >= 15 is 0 Å². The standard InChI is InChI=1S/C20H22N2O6/c1-5-26-17(23)15-16(21)22-13-9-7-6-8-12(13)20(15)14(11(4)28-19(20)25)18(24)27-10(2)3/h6-10,22H,5,21H2,1-4H3. The molecule has 2 heterocycles. The number of fused-ring (bicyclic) bond motifs is 2. The van der Waals surface area contributed by atoms with Gasteiger partial charge in [-0.25, -0.2) is 14.4 Å². The number of rotatable bonds is 4. The van der Waals surface area contributed by atoms with Crippen LogP contribution in [0, 0.1) is 0 Å². The Morgan fingerprint density at radius 2 is 1.89 bits per heavy atom. The monoisotopic (exact) mass is 386 g/mol. The number of nitrogens with two attached hydrogens (primary N) is 1. The first-order valence-corrected chi connectivity index (χ1v) is 8.93.